The second-order valence-electron chi connectivity index (χ2n) is 4.66. The van der Waals surface area contributed by atoms with Crippen LogP contribution in [0.25, 0.3) is 0 Å². The van der Waals surface area contributed by atoms with Crippen molar-refractivity contribution in [1.82, 2.24) is 0 Å². The summed E-state index contributed by atoms with van der Waals surface area (Å²) in [5.41, 5.74) is -2.78. The van der Waals surface area contributed by atoms with Gasteiger partial charge in [0.25, 0.3) is 0 Å². The van der Waals surface area contributed by atoms with Gasteiger partial charge in [0.05, 0.1) is 6.42 Å². The van der Waals surface area contributed by atoms with Gasteiger partial charge in [-0.05, 0) is 6.42 Å². The van der Waals surface area contributed by atoms with Crippen molar-refractivity contribution in [2.75, 3.05) is 0 Å². The van der Waals surface area contributed by atoms with E-state index in [1.807, 2.05) is 0 Å². The van der Waals surface area contributed by atoms with Crippen molar-refractivity contribution >= 4 is 6.29 Å². The predicted octanol–water partition coefficient (Wildman–Crippen LogP) is 2.88. The van der Waals surface area contributed by atoms with Crippen molar-refractivity contribution in [3.8, 4) is 0 Å². The topological polar surface area (TPSA) is 103 Å². The minimum atomic E-state index is -2.78. The molecule has 7 nitrogen and oxygen atoms in total. The lowest BCUT2D eigenvalue weighted by Gasteiger charge is -2.09. The molecule has 0 aromatic carbocycles. The largest absolute Gasteiger partial charge is 0.523 e. The van der Waals surface area contributed by atoms with Crippen LogP contribution in [0.15, 0.2) is 0 Å². The highest BCUT2D eigenvalue weighted by Crippen LogP contribution is 2.19. The molecule has 0 atom stereocenters. The van der Waals surface area contributed by atoms with Crippen LogP contribution in [-0.4, -0.2) is 21.8 Å². The Kier molecular flexibility index (Phi) is 8.65. The van der Waals surface area contributed by atoms with Gasteiger partial charge in [-0.1, -0.05) is 51.9 Å². The fourth-order valence-corrected chi connectivity index (χ4v) is 1.88. The molecule has 7 heteroatoms. The molecule has 19 heavy (non-hydrogen) atoms. The molecule has 0 aliphatic rings. The number of rotatable bonds is 12. The van der Waals surface area contributed by atoms with E-state index >= 15 is 0 Å². The molecular weight excluding hydrogens is 252 g/mol. The van der Waals surface area contributed by atoms with E-state index in [2.05, 4.69) is 6.92 Å². The highest BCUT2D eigenvalue weighted by atomic mass is 16.7. The first-order chi connectivity index (χ1) is 9.01. The summed E-state index contributed by atoms with van der Waals surface area (Å²) < 4.78 is 0. The molecule has 0 amide bonds. The number of unbranched alkanes of at least 4 members (excludes halogenated alkanes) is 7. The van der Waals surface area contributed by atoms with Crippen molar-refractivity contribution in [1.29, 1.82) is 0 Å². The Bertz CT molecular complexity index is 292. The second kappa shape index (κ2) is 9.41. The van der Waals surface area contributed by atoms with E-state index in [-0.39, 0.29) is 6.42 Å². The number of nitro groups is 2. The summed E-state index contributed by atoms with van der Waals surface area (Å²) in [6.45, 7) is 2.13. The summed E-state index contributed by atoms with van der Waals surface area (Å²) >= 11 is 0. The van der Waals surface area contributed by atoms with Gasteiger partial charge >= 0.3 is 11.9 Å². The molecule has 0 N–H and O–H groups in total. The van der Waals surface area contributed by atoms with Crippen LogP contribution in [0.3, 0.4) is 0 Å². The first kappa shape index (κ1) is 17.5. The summed E-state index contributed by atoms with van der Waals surface area (Å²) in [4.78, 5) is 29.5. The summed E-state index contributed by atoms with van der Waals surface area (Å²) in [6.07, 6.45) is 8.13. The van der Waals surface area contributed by atoms with Crippen LogP contribution < -0.4 is 0 Å². The third-order valence-corrected chi connectivity index (χ3v) is 3.15. The Balaban J connectivity index is 3.93. The van der Waals surface area contributed by atoms with Crippen molar-refractivity contribution < 1.29 is 14.6 Å². The molecule has 1 radical (unpaired) electrons. The van der Waals surface area contributed by atoms with Crippen molar-refractivity contribution in [2.45, 2.75) is 70.4 Å². The van der Waals surface area contributed by atoms with Crippen molar-refractivity contribution in [2.24, 2.45) is 0 Å². The molecule has 0 bridgehead atoms. The van der Waals surface area contributed by atoms with Crippen LogP contribution in [0.2, 0.25) is 0 Å². The maximum atomic E-state index is 10.6. The zero-order valence-electron chi connectivity index (χ0n) is 11.3. The van der Waals surface area contributed by atoms with E-state index in [4.69, 9.17) is 0 Å². The average molecular weight is 273 g/mol. The van der Waals surface area contributed by atoms with Crippen LogP contribution in [0.4, 0.5) is 0 Å². The van der Waals surface area contributed by atoms with E-state index in [0.29, 0.717) is 12.8 Å². The van der Waals surface area contributed by atoms with Crippen LogP contribution in [0.1, 0.15) is 64.7 Å². The lowest BCUT2D eigenvalue weighted by atomic mass is 10.0. The fourth-order valence-electron chi connectivity index (χ4n) is 1.88. The average Bonchev–Trinajstić information content (AvgIpc) is 2.36. The Labute approximate surface area is 112 Å². The number of nitrogens with zero attached hydrogens (tertiary/aromatic N) is 2. The zero-order chi connectivity index (χ0) is 14.7. The van der Waals surface area contributed by atoms with Crippen LogP contribution >= 0.6 is 0 Å². The molecule has 0 spiro atoms. The first-order valence-electron chi connectivity index (χ1n) is 6.69. The third kappa shape index (κ3) is 5.76. The standard InChI is InChI=1S/C12H21N2O5/c1-2-3-4-5-6-7-8-9-10-12(11-15,13(16)17)14(18)19/h2-10H2,1H3. The predicted molar refractivity (Wildman–Crippen MR) is 69.6 cm³/mol. The monoisotopic (exact) mass is 273 g/mol. The summed E-state index contributed by atoms with van der Waals surface area (Å²) in [7, 11) is 0. The Morgan fingerprint density at radius 1 is 0.895 bits per heavy atom. The molecule has 0 unspecified atom stereocenters. The molecule has 0 aromatic heterocycles. The van der Waals surface area contributed by atoms with Gasteiger partial charge in [-0.25, -0.2) is 0 Å². The molecule has 0 saturated carbocycles. The zero-order valence-corrected chi connectivity index (χ0v) is 11.3. The van der Waals surface area contributed by atoms with Crippen LogP contribution in [-0.2, 0) is 4.79 Å². The highest BCUT2D eigenvalue weighted by molar-refractivity contribution is 5.59. The lowest BCUT2D eigenvalue weighted by molar-refractivity contribution is -0.772. The fraction of sp³-hybridized carbons (Fsp3) is 0.917. The molecule has 109 valence electrons. The van der Waals surface area contributed by atoms with Gasteiger partial charge in [0.1, 0.15) is 9.85 Å². The van der Waals surface area contributed by atoms with Crippen molar-refractivity contribution in [3.05, 3.63) is 20.2 Å². The highest BCUT2D eigenvalue weighted by Gasteiger charge is 2.57. The molecule has 0 heterocycles. The molecular formula is C12H21N2O5. The smallest absolute Gasteiger partial charge is 0.273 e. The van der Waals surface area contributed by atoms with Crippen molar-refractivity contribution in [3.63, 3.8) is 0 Å². The van der Waals surface area contributed by atoms with E-state index in [0.717, 1.165) is 25.5 Å². The van der Waals surface area contributed by atoms with Gasteiger partial charge in [0.15, 0.2) is 0 Å². The van der Waals surface area contributed by atoms with Crippen LogP contribution in [0.5, 0.6) is 0 Å². The summed E-state index contributed by atoms with van der Waals surface area (Å²) in [5, 5.41) is 21.3. The SMILES string of the molecule is CCCCCCCCCCC([C]=O)([N+](=O)[O-])[N+](=O)[O-]. The first-order valence-corrected chi connectivity index (χ1v) is 6.69. The lowest BCUT2D eigenvalue weighted by Crippen LogP contribution is -2.47. The Hall–Kier alpha value is -1.53. The van der Waals surface area contributed by atoms with Gasteiger partial charge in [-0.2, -0.15) is 0 Å². The second-order valence-corrected chi connectivity index (χ2v) is 4.66. The molecule has 0 aliphatic heterocycles. The summed E-state index contributed by atoms with van der Waals surface area (Å²) in [5.74, 6) is 0. The number of hydrogen-bond acceptors (Lipinski definition) is 5. The molecule has 0 aromatic rings. The van der Waals surface area contributed by atoms with E-state index in [1.54, 1.807) is 0 Å². The van der Waals surface area contributed by atoms with E-state index < -0.39 is 15.5 Å². The number of carbonyl (C=O) groups excluding carboxylic acids is 1. The maximum absolute atomic E-state index is 10.6. The van der Waals surface area contributed by atoms with Crippen LogP contribution in [0, 0.1) is 20.2 Å². The van der Waals surface area contributed by atoms with Gasteiger partial charge in [-0.3, -0.25) is 25.0 Å². The quantitative estimate of drug-likeness (QED) is 0.235. The van der Waals surface area contributed by atoms with Gasteiger partial charge in [0.2, 0.25) is 0 Å². The minimum absolute atomic E-state index is 0.297. The number of hydrogen-bond donors (Lipinski definition) is 0. The van der Waals surface area contributed by atoms with Gasteiger partial charge in [-0.15, -0.1) is 0 Å². The van der Waals surface area contributed by atoms with E-state index in [1.165, 1.54) is 19.3 Å². The minimum Gasteiger partial charge on any atom is -0.273 e. The van der Waals surface area contributed by atoms with Gasteiger partial charge in [0, 0.05) is 0 Å². The third-order valence-electron chi connectivity index (χ3n) is 3.15. The molecule has 0 aliphatic carbocycles. The molecule has 0 fully saturated rings. The normalized spacial score (nSPS) is 11.2. The Morgan fingerprint density at radius 3 is 1.68 bits per heavy atom. The molecule has 0 saturated heterocycles. The molecule has 0 rings (SSSR count). The van der Waals surface area contributed by atoms with Gasteiger partial charge < -0.3 is 0 Å². The summed E-state index contributed by atoms with van der Waals surface area (Å²) in [6, 6.07) is 0. The maximum Gasteiger partial charge on any atom is 0.523 e. The van der Waals surface area contributed by atoms with E-state index in [9.17, 15) is 25.0 Å². The Morgan fingerprint density at radius 2 is 1.32 bits per heavy atom.